The van der Waals surface area contributed by atoms with Gasteiger partial charge in [-0.15, -0.1) is 0 Å². The predicted molar refractivity (Wildman–Crippen MR) is 76.6 cm³/mol. The number of hydrogen-bond donors (Lipinski definition) is 0. The van der Waals surface area contributed by atoms with Gasteiger partial charge in [0.15, 0.2) is 8.24 Å². The summed E-state index contributed by atoms with van der Waals surface area (Å²) in [6, 6.07) is 0. The molecule has 19 heavy (non-hydrogen) atoms. The molecule has 0 aromatic heterocycles. The average Bonchev–Trinajstić information content (AvgIpc) is 2.27. The Kier molecular flexibility index (Phi) is 7.51. The third kappa shape index (κ3) is 5.86. The normalized spacial score (nSPS) is 12.7. The van der Waals surface area contributed by atoms with Gasteiger partial charge in [-0.3, -0.25) is 9.05 Å². The number of methoxy groups -OCH3 is 1. The van der Waals surface area contributed by atoms with Gasteiger partial charge in [-0.2, -0.15) is 5.10 Å². The van der Waals surface area contributed by atoms with Gasteiger partial charge in [0.1, 0.15) is 6.21 Å². The summed E-state index contributed by atoms with van der Waals surface area (Å²) in [5.41, 5.74) is 0. The highest BCUT2D eigenvalue weighted by molar-refractivity contribution is 7.53. The van der Waals surface area contributed by atoms with Crippen LogP contribution in [0.2, 0.25) is 19.6 Å². The van der Waals surface area contributed by atoms with E-state index in [9.17, 15) is 9.36 Å². The van der Waals surface area contributed by atoms with E-state index in [2.05, 4.69) is 9.84 Å². The SMILES string of the molecule is CCOP(=O)(OCC)N(/N=C/C(=O)OC)[Si](C)(C)C. The first kappa shape index (κ1) is 18.3. The van der Waals surface area contributed by atoms with Gasteiger partial charge in [-0.05, 0) is 33.5 Å². The number of hydrazone groups is 1. The maximum absolute atomic E-state index is 12.7. The Morgan fingerprint density at radius 2 is 1.74 bits per heavy atom. The van der Waals surface area contributed by atoms with Crippen molar-refractivity contribution in [1.82, 2.24) is 4.44 Å². The molecule has 0 N–H and O–H groups in total. The predicted octanol–water partition coefficient (Wildman–Crippen LogP) is 2.46. The number of carbonyl (C=O) groups is 1. The summed E-state index contributed by atoms with van der Waals surface area (Å²) in [6.45, 7) is 9.67. The molecule has 0 aromatic rings. The minimum atomic E-state index is -3.53. The van der Waals surface area contributed by atoms with E-state index in [4.69, 9.17) is 9.05 Å². The second kappa shape index (κ2) is 7.79. The van der Waals surface area contributed by atoms with Crippen LogP contribution in [-0.2, 0) is 23.1 Å². The summed E-state index contributed by atoms with van der Waals surface area (Å²) in [4.78, 5) is 11.1. The third-order valence-electron chi connectivity index (χ3n) is 1.89. The van der Waals surface area contributed by atoms with E-state index < -0.39 is 22.0 Å². The van der Waals surface area contributed by atoms with E-state index in [-0.39, 0.29) is 13.2 Å². The molecule has 0 aromatic carbocycles. The van der Waals surface area contributed by atoms with E-state index >= 15 is 0 Å². The van der Waals surface area contributed by atoms with Crippen molar-refractivity contribution in [3.05, 3.63) is 0 Å². The van der Waals surface area contributed by atoms with Crippen LogP contribution in [0.25, 0.3) is 0 Å². The smallest absolute Gasteiger partial charge is 0.442 e. The summed E-state index contributed by atoms with van der Waals surface area (Å²) >= 11 is 0. The molecule has 0 bridgehead atoms. The first-order valence-corrected chi connectivity index (χ1v) is 11.0. The van der Waals surface area contributed by atoms with Crippen molar-refractivity contribution in [2.45, 2.75) is 33.5 Å². The lowest BCUT2D eigenvalue weighted by Gasteiger charge is -2.35. The highest BCUT2D eigenvalue weighted by Gasteiger charge is 2.41. The van der Waals surface area contributed by atoms with Crippen LogP contribution >= 0.6 is 7.75 Å². The Bertz CT molecular complexity index is 359. The largest absolute Gasteiger partial charge is 0.465 e. The van der Waals surface area contributed by atoms with Crippen LogP contribution in [0.1, 0.15) is 13.8 Å². The minimum absolute atomic E-state index is 0.228. The number of rotatable bonds is 8. The number of nitrogens with zero attached hydrogens (tertiary/aromatic N) is 2. The second-order valence-corrected chi connectivity index (χ2v) is 11.5. The second-order valence-electron chi connectivity index (χ2n) is 4.53. The van der Waals surface area contributed by atoms with E-state index in [1.165, 1.54) is 11.6 Å². The summed E-state index contributed by atoms with van der Waals surface area (Å²) in [5, 5.41) is 3.96. The molecule has 0 atom stereocenters. The molecule has 112 valence electrons. The summed E-state index contributed by atoms with van der Waals surface area (Å²) < 4.78 is 29.0. The molecule has 0 radical (unpaired) electrons. The van der Waals surface area contributed by atoms with Crippen LogP contribution in [-0.4, -0.2) is 45.2 Å². The Hall–Kier alpha value is -0.693. The van der Waals surface area contributed by atoms with Crippen LogP contribution in [0.4, 0.5) is 0 Å². The summed E-state index contributed by atoms with van der Waals surface area (Å²) in [7, 11) is -4.44. The molecule has 9 heteroatoms. The molecule has 0 amide bonds. The molecule has 0 rings (SSSR count). The van der Waals surface area contributed by atoms with E-state index in [0.29, 0.717) is 0 Å². The van der Waals surface area contributed by atoms with Crippen LogP contribution in [0.15, 0.2) is 5.10 Å². The zero-order chi connectivity index (χ0) is 15.1. The number of ether oxygens (including phenoxy) is 1. The van der Waals surface area contributed by atoms with Crippen LogP contribution in [0.3, 0.4) is 0 Å². The van der Waals surface area contributed by atoms with Crippen molar-refractivity contribution < 1.29 is 23.1 Å². The fraction of sp³-hybridized carbons (Fsp3) is 0.800. The lowest BCUT2D eigenvalue weighted by molar-refractivity contribution is -0.132. The molecule has 7 nitrogen and oxygen atoms in total. The Labute approximate surface area is 115 Å². The molecule has 0 aliphatic heterocycles. The topological polar surface area (TPSA) is 77.4 Å². The Morgan fingerprint density at radius 3 is 2.05 bits per heavy atom. The van der Waals surface area contributed by atoms with Gasteiger partial charge in [-0.25, -0.2) is 13.8 Å². The van der Waals surface area contributed by atoms with Crippen molar-refractivity contribution in [3.8, 4) is 0 Å². The van der Waals surface area contributed by atoms with Crippen LogP contribution < -0.4 is 0 Å². The van der Waals surface area contributed by atoms with Crippen molar-refractivity contribution >= 4 is 28.2 Å². The molecular weight excluding hydrogens is 287 g/mol. The van der Waals surface area contributed by atoms with Gasteiger partial charge in [0.2, 0.25) is 0 Å². The maximum Gasteiger partial charge on any atom is 0.442 e. The first-order chi connectivity index (χ1) is 8.71. The fourth-order valence-electron chi connectivity index (χ4n) is 1.23. The fourth-order valence-corrected chi connectivity index (χ4v) is 6.05. The van der Waals surface area contributed by atoms with Crippen LogP contribution in [0, 0.1) is 0 Å². The van der Waals surface area contributed by atoms with Crippen molar-refractivity contribution in [1.29, 1.82) is 0 Å². The zero-order valence-corrected chi connectivity index (χ0v) is 14.3. The quantitative estimate of drug-likeness (QED) is 0.225. The molecule has 0 aliphatic rings. The van der Waals surface area contributed by atoms with Gasteiger partial charge in [-0.1, -0.05) is 0 Å². The van der Waals surface area contributed by atoms with Crippen LogP contribution in [0.5, 0.6) is 0 Å². The van der Waals surface area contributed by atoms with Gasteiger partial charge in [0.25, 0.3) is 0 Å². The van der Waals surface area contributed by atoms with E-state index in [0.717, 1.165) is 6.21 Å². The molecule has 0 saturated carbocycles. The van der Waals surface area contributed by atoms with Crippen molar-refractivity contribution in [2.75, 3.05) is 20.3 Å². The van der Waals surface area contributed by atoms with Gasteiger partial charge >= 0.3 is 13.7 Å². The zero-order valence-electron chi connectivity index (χ0n) is 12.4. The number of hydrogen-bond acceptors (Lipinski definition) is 6. The lowest BCUT2D eigenvalue weighted by atomic mass is 10.8. The monoisotopic (exact) mass is 310 g/mol. The van der Waals surface area contributed by atoms with Crippen molar-refractivity contribution in [2.24, 2.45) is 5.10 Å². The molecule has 0 unspecified atom stereocenters. The van der Waals surface area contributed by atoms with E-state index in [1.807, 2.05) is 19.6 Å². The third-order valence-corrected chi connectivity index (χ3v) is 7.48. The molecule has 0 saturated heterocycles. The number of carbonyl (C=O) groups excluding carboxylic acids is 1. The maximum atomic E-state index is 12.7. The van der Waals surface area contributed by atoms with Gasteiger partial charge in [0, 0.05) is 0 Å². The van der Waals surface area contributed by atoms with E-state index in [1.54, 1.807) is 13.8 Å². The average molecular weight is 310 g/mol. The molecule has 0 fully saturated rings. The molecule has 0 aliphatic carbocycles. The minimum Gasteiger partial charge on any atom is -0.465 e. The standard InChI is InChI=1S/C10H23N2O5PSi/c1-7-16-18(14,17-8-2)12(19(4,5)6)11-9-10(13)15-3/h9H,7-8H2,1-6H3/b11-9+. The summed E-state index contributed by atoms with van der Waals surface area (Å²) in [5.74, 6) is -0.622. The molecular formula is C10H23N2O5PSi. The Balaban J connectivity index is 5.38. The Morgan fingerprint density at radius 1 is 1.26 bits per heavy atom. The number of esters is 1. The van der Waals surface area contributed by atoms with Crippen molar-refractivity contribution in [3.63, 3.8) is 0 Å². The van der Waals surface area contributed by atoms with Gasteiger partial charge in [0.05, 0.1) is 20.3 Å². The van der Waals surface area contributed by atoms with Gasteiger partial charge < -0.3 is 4.74 Å². The molecule has 0 heterocycles. The summed E-state index contributed by atoms with van der Waals surface area (Å²) in [6.07, 6.45) is 0.975. The highest BCUT2D eigenvalue weighted by atomic mass is 31.2. The first-order valence-electron chi connectivity index (χ1n) is 6.03. The lowest BCUT2D eigenvalue weighted by Crippen LogP contribution is -2.41. The molecule has 0 spiro atoms. The highest BCUT2D eigenvalue weighted by Crippen LogP contribution is 2.54.